The minimum Gasteiger partial charge on any atom is -0.400 e. The zero-order valence-electron chi connectivity index (χ0n) is 13.8. The Bertz CT molecular complexity index is 704. The van der Waals surface area contributed by atoms with E-state index >= 15 is 0 Å². The molecule has 0 saturated carbocycles. The first kappa shape index (κ1) is 21.4. The zero-order valence-corrected chi connectivity index (χ0v) is 16.2. The molecule has 0 aliphatic carbocycles. The number of benzene rings is 2. The molecule has 1 radical (unpaired) electrons. The van der Waals surface area contributed by atoms with Gasteiger partial charge in [-0.05, 0) is 22.5 Å². The smallest absolute Gasteiger partial charge is 0.0319 e. The predicted octanol–water partition coefficient (Wildman–Crippen LogP) is 3.53. The number of aliphatic hydroxyl groups is 2. The van der Waals surface area contributed by atoms with Crippen LogP contribution in [0, 0.1) is 19.9 Å². The van der Waals surface area contributed by atoms with E-state index in [2.05, 4.69) is 61.3 Å². The molecule has 0 aliphatic heterocycles. The largest absolute Gasteiger partial charge is 0.400 e. The second-order valence-corrected chi connectivity index (χ2v) is 4.64. The Balaban J connectivity index is 0.000000901. The van der Waals surface area contributed by atoms with Gasteiger partial charge in [0.15, 0.2) is 0 Å². The number of nitrogens with zero attached hydrogens (tertiary/aromatic N) is 1. The standard InChI is InChI=1S/C17H14N.2CH4O.Ir/c1-12-9-13(2)11-15(10-12)17-16-6-4-3-5-14(16)7-8-18-17;2*1-2;/h3-10H,1-2H3;2*2H,1H3;/q-1;;;. The molecule has 0 bridgehead atoms. The molecule has 125 valence electrons. The molecule has 0 fully saturated rings. The van der Waals surface area contributed by atoms with Crippen LogP contribution in [0.4, 0.5) is 0 Å². The van der Waals surface area contributed by atoms with Crippen molar-refractivity contribution in [2.24, 2.45) is 0 Å². The van der Waals surface area contributed by atoms with Crippen LogP contribution in [-0.2, 0) is 20.1 Å². The van der Waals surface area contributed by atoms with Gasteiger partial charge in [0.25, 0.3) is 0 Å². The van der Waals surface area contributed by atoms with Gasteiger partial charge >= 0.3 is 0 Å². The van der Waals surface area contributed by atoms with Crippen molar-refractivity contribution in [3.8, 4) is 11.3 Å². The number of hydrogen-bond acceptors (Lipinski definition) is 3. The summed E-state index contributed by atoms with van der Waals surface area (Å²) in [5, 5.41) is 16.4. The van der Waals surface area contributed by atoms with E-state index in [4.69, 9.17) is 10.2 Å². The van der Waals surface area contributed by atoms with E-state index in [-0.39, 0.29) is 20.1 Å². The van der Waals surface area contributed by atoms with Gasteiger partial charge in [-0.3, -0.25) is 0 Å². The summed E-state index contributed by atoms with van der Waals surface area (Å²) in [6.45, 7) is 4.18. The molecule has 0 saturated heterocycles. The zero-order chi connectivity index (χ0) is 16.5. The molecular weight excluding hydrogens is 466 g/mol. The maximum atomic E-state index is 7.00. The molecule has 2 N–H and O–H groups in total. The van der Waals surface area contributed by atoms with Gasteiger partial charge in [0.2, 0.25) is 0 Å². The quantitative estimate of drug-likeness (QED) is 0.516. The van der Waals surface area contributed by atoms with Gasteiger partial charge in [-0.1, -0.05) is 38.1 Å². The third-order valence-corrected chi connectivity index (χ3v) is 3.08. The first-order chi connectivity index (χ1) is 10.7. The number of rotatable bonds is 1. The number of aliphatic hydroxyl groups excluding tert-OH is 2. The van der Waals surface area contributed by atoms with Crippen molar-refractivity contribution in [3.63, 3.8) is 0 Å². The normalized spacial score (nSPS) is 8.96. The van der Waals surface area contributed by atoms with Gasteiger partial charge in [0.05, 0.1) is 0 Å². The summed E-state index contributed by atoms with van der Waals surface area (Å²) in [4.78, 5) is 4.53. The second-order valence-electron chi connectivity index (χ2n) is 4.64. The molecule has 0 atom stereocenters. The molecule has 23 heavy (non-hydrogen) atoms. The monoisotopic (exact) mass is 489 g/mol. The van der Waals surface area contributed by atoms with Crippen LogP contribution in [0.5, 0.6) is 0 Å². The molecule has 4 heteroatoms. The maximum Gasteiger partial charge on any atom is 0.0319 e. The molecular formula is C19H22IrNO2-. The average molecular weight is 489 g/mol. The number of aromatic nitrogens is 1. The van der Waals surface area contributed by atoms with E-state index < -0.39 is 0 Å². The fraction of sp³-hybridized carbons (Fsp3) is 0.211. The summed E-state index contributed by atoms with van der Waals surface area (Å²) >= 11 is 0. The van der Waals surface area contributed by atoms with E-state index in [1.54, 1.807) is 0 Å². The van der Waals surface area contributed by atoms with Crippen LogP contribution in [0.15, 0.2) is 48.7 Å². The van der Waals surface area contributed by atoms with E-state index in [1.807, 2.05) is 12.3 Å². The first-order valence-electron chi connectivity index (χ1n) is 6.98. The van der Waals surface area contributed by atoms with Crippen LogP contribution in [0.25, 0.3) is 22.0 Å². The topological polar surface area (TPSA) is 53.4 Å². The van der Waals surface area contributed by atoms with Gasteiger partial charge < -0.3 is 15.2 Å². The Morgan fingerprint density at radius 2 is 1.57 bits per heavy atom. The van der Waals surface area contributed by atoms with Gasteiger partial charge in [0, 0.05) is 40.5 Å². The van der Waals surface area contributed by atoms with Crippen LogP contribution < -0.4 is 0 Å². The number of fused-ring (bicyclic) bond motifs is 1. The Hall–Kier alpha value is -1.58. The molecule has 3 aromatic rings. The minimum atomic E-state index is 0. The molecule has 1 heterocycles. The Kier molecular flexibility index (Phi) is 10.3. The van der Waals surface area contributed by atoms with E-state index in [9.17, 15) is 0 Å². The molecule has 3 nitrogen and oxygen atoms in total. The summed E-state index contributed by atoms with van der Waals surface area (Å²) < 4.78 is 0. The van der Waals surface area contributed by atoms with Crippen molar-refractivity contribution in [1.29, 1.82) is 0 Å². The Morgan fingerprint density at radius 3 is 2.22 bits per heavy atom. The van der Waals surface area contributed by atoms with Crippen molar-refractivity contribution in [3.05, 3.63) is 65.9 Å². The number of pyridine rings is 1. The fourth-order valence-corrected chi connectivity index (χ4v) is 2.36. The van der Waals surface area contributed by atoms with Gasteiger partial charge in [-0.25, -0.2) is 0 Å². The first-order valence-corrected chi connectivity index (χ1v) is 6.98. The maximum absolute atomic E-state index is 7.00. The van der Waals surface area contributed by atoms with Gasteiger partial charge in [-0.15, -0.1) is 34.9 Å². The molecule has 0 amide bonds. The van der Waals surface area contributed by atoms with Crippen LogP contribution in [-0.4, -0.2) is 29.4 Å². The molecule has 2 aromatic carbocycles. The van der Waals surface area contributed by atoms with Crippen LogP contribution in [0.3, 0.4) is 0 Å². The second kappa shape index (κ2) is 11.0. The van der Waals surface area contributed by atoms with Crippen LogP contribution in [0.1, 0.15) is 11.1 Å². The number of hydrogen-bond donors (Lipinski definition) is 2. The number of aryl methyl sites for hydroxylation is 2. The molecule has 0 aliphatic rings. The Morgan fingerprint density at radius 1 is 0.913 bits per heavy atom. The predicted molar refractivity (Wildman–Crippen MR) is 91.8 cm³/mol. The minimum absolute atomic E-state index is 0. The van der Waals surface area contributed by atoms with Crippen molar-refractivity contribution in [2.45, 2.75) is 13.8 Å². The molecule has 0 spiro atoms. The summed E-state index contributed by atoms with van der Waals surface area (Å²) in [7, 11) is 2.00. The summed E-state index contributed by atoms with van der Waals surface area (Å²) in [5.41, 5.74) is 4.49. The van der Waals surface area contributed by atoms with Crippen LogP contribution >= 0.6 is 0 Å². The third-order valence-electron chi connectivity index (χ3n) is 3.08. The summed E-state index contributed by atoms with van der Waals surface area (Å²) in [6, 6.07) is 18.0. The van der Waals surface area contributed by atoms with Crippen LogP contribution in [0.2, 0.25) is 0 Å². The molecule has 3 rings (SSSR count). The van der Waals surface area contributed by atoms with Gasteiger partial charge in [0.1, 0.15) is 0 Å². The van der Waals surface area contributed by atoms with Crippen molar-refractivity contribution in [2.75, 3.05) is 14.2 Å². The average Bonchev–Trinajstić information content (AvgIpc) is 2.57. The Labute approximate surface area is 151 Å². The SMILES string of the molecule is CO.CO.Cc1[c-]c(-c2nccc3ccccc23)cc(C)c1.[Ir]. The molecule has 0 unspecified atom stereocenters. The van der Waals surface area contributed by atoms with E-state index in [0.717, 1.165) is 31.0 Å². The van der Waals surface area contributed by atoms with Gasteiger partial charge in [-0.2, -0.15) is 0 Å². The third kappa shape index (κ3) is 5.52. The fourth-order valence-electron chi connectivity index (χ4n) is 2.36. The van der Waals surface area contributed by atoms with Crippen molar-refractivity contribution in [1.82, 2.24) is 4.98 Å². The van der Waals surface area contributed by atoms with E-state index in [0.29, 0.717) is 0 Å². The summed E-state index contributed by atoms with van der Waals surface area (Å²) in [5.74, 6) is 0. The molecule has 1 aromatic heterocycles. The van der Waals surface area contributed by atoms with E-state index in [1.165, 1.54) is 16.3 Å². The van der Waals surface area contributed by atoms with Crippen molar-refractivity contribution >= 4 is 10.8 Å². The summed E-state index contributed by atoms with van der Waals surface area (Å²) in [6.07, 6.45) is 1.86. The van der Waals surface area contributed by atoms with Crippen molar-refractivity contribution < 1.29 is 30.3 Å².